The highest BCUT2D eigenvalue weighted by molar-refractivity contribution is 8.00. The van der Waals surface area contributed by atoms with Crippen LogP contribution in [0.1, 0.15) is 77.4 Å². The van der Waals surface area contributed by atoms with E-state index in [2.05, 4.69) is 22.5 Å². The van der Waals surface area contributed by atoms with E-state index in [9.17, 15) is 24.0 Å². The third kappa shape index (κ3) is 40.9. The van der Waals surface area contributed by atoms with Gasteiger partial charge in [-0.2, -0.15) is 6.61 Å². The van der Waals surface area contributed by atoms with Crippen LogP contribution in [-0.2, 0) is 76.0 Å². The minimum atomic E-state index is -0.541. The molecule has 4 unspecified atom stereocenters. The van der Waals surface area contributed by atoms with Crippen molar-refractivity contribution in [2.75, 3.05) is 180 Å². The van der Waals surface area contributed by atoms with Gasteiger partial charge < -0.3 is 87.0 Å². The van der Waals surface area contributed by atoms with Crippen LogP contribution in [0.3, 0.4) is 0 Å². The van der Waals surface area contributed by atoms with E-state index in [1.54, 1.807) is 57.6 Å². The van der Waals surface area contributed by atoms with Gasteiger partial charge in [0.05, 0.1) is 97.2 Å². The fourth-order valence-electron chi connectivity index (χ4n) is 6.66. The Balaban J connectivity index is 0.00000159. The van der Waals surface area contributed by atoms with Crippen molar-refractivity contribution in [3.05, 3.63) is 43.5 Å². The van der Waals surface area contributed by atoms with Crippen molar-refractivity contribution in [1.29, 1.82) is 0 Å². The first kappa shape index (κ1) is 75.2. The Morgan fingerprint density at radius 3 is 2.01 bits per heavy atom. The topological polar surface area (TPSA) is 265 Å². The van der Waals surface area contributed by atoms with Crippen LogP contribution >= 0.6 is 11.8 Å². The number of ether oxygens (including phenoxy) is 14. The van der Waals surface area contributed by atoms with Crippen molar-refractivity contribution in [2.24, 2.45) is 0 Å². The molecule has 1 saturated heterocycles. The van der Waals surface area contributed by atoms with Crippen LogP contribution < -0.4 is 15.4 Å². The summed E-state index contributed by atoms with van der Waals surface area (Å²) < 4.78 is 72.5. The first-order chi connectivity index (χ1) is 38.4. The van der Waals surface area contributed by atoms with Crippen LogP contribution in [0.25, 0.3) is 0 Å². The number of hydrogen-bond donors (Lipinski definition) is 3. The molecule has 1 heterocycles. The average molecular weight is 1150 g/mol. The summed E-state index contributed by atoms with van der Waals surface area (Å²) in [6, 6.07) is 6.92. The van der Waals surface area contributed by atoms with Crippen molar-refractivity contribution >= 4 is 41.7 Å². The van der Waals surface area contributed by atoms with Gasteiger partial charge in [0.15, 0.2) is 0 Å². The van der Waals surface area contributed by atoms with Crippen molar-refractivity contribution < 1.29 is 95.4 Å². The Morgan fingerprint density at radius 2 is 1.41 bits per heavy atom. The fraction of sp³-hybridized carbons (Fsp3) is 0.759. The molecule has 2 rings (SSSR count). The second kappa shape index (κ2) is 53.5. The molecular formula is C54H96N4O20S-2. The van der Waals surface area contributed by atoms with Crippen LogP contribution in [0.15, 0.2) is 24.3 Å². The van der Waals surface area contributed by atoms with E-state index < -0.39 is 23.5 Å². The van der Waals surface area contributed by atoms with Crippen LogP contribution in [0.4, 0.5) is 9.59 Å². The van der Waals surface area contributed by atoms with Gasteiger partial charge in [-0.15, -0.1) is 11.8 Å². The van der Waals surface area contributed by atoms with E-state index in [-0.39, 0.29) is 69.1 Å². The molecule has 1 aromatic carbocycles. The highest BCUT2D eigenvalue weighted by Gasteiger charge is 2.38. The molecule has 24 nitrogen and oxygen atoms in total. The number of aliphatic hydroxyl groups excluding tert-OH is 1. The predicted molar refractivity (Wildman–Crippen MR) is 297 cm³/mol. The van der Waals surface area contributed by atoms with Crippen molar-refractivity contribution in [3.8, 4) is 5.75 Å². The molecule has 5 amide bonds. The zero-order chi connectivity index (χ0) is 58.6. The number of nitrogens with zero attached hydrogens (tertiary/aromatic N) is 2. The maximum Gasteiger partial charge on any atom is 0.415 e. The van der Waals surface area contributed by atoms with E-state index in [1.807, 2.05) is 20.8 Å². The Labute approximate surface area is 474 Å². The van der Waals surface area contributed by atoms with Gasteiger partial charge >= 0.3 is 12.2 Å². The highest BCUT2D eigenvalue weighted by Crippen LogP contribution is 2.29. The number of alkyl carbamates (subject to hydrolysis) is 1. The number of aliphatic hydroxyl groups is 1. The minimum Gasteiger partial charge on any atom is -0.553 e. The van der Waals surface area contributed by atoms with E-state index >= 15 is 0 Å². The molecule has 0 spiro atoms. The summed E-state index contributed by atoms with van der Waals surface area (Å²) in [5.74, 6) is 0.345. The lowest BCUT2D eigenvalue weighted by molar-refractivity contribution is -0.138. The van der Waals surface area contributed by atoms with Crippen LogP contribution in [0, 0.1) is 13.7 Å². The zero-order valence-corrected chi connectivity index (χ0v) is 49.2. The Hall–Kier alpha value is -3.80. The second-order valence-electron chi connectivity index (χ2n) is 17.1. The molecule has 1 aliphatic heterocycles. The number of amides is 5. The number of thioether (sulfide) groups is 1. The Morgan fingerprint density at radius 1 is 0.785 bits per heavy atom. The minimum absolute atomic E-state index is 0.0436. The summed E-state index contributed by atoms with van der Waals surface area (Å²) in [5, 5.41) is 13.4. The van der Waals surface area contributed by atoms with Crippen molar-refractivity contribution in [2.45, 2.75) is 89.3 Å². The molecule has 25 heteroatoms. The molecule has 0 saturated carbocycles. The van der Waals surface area contributed by atoms with Gasteiger partial charge in [-0.05, 0) is 69.9 Å². The maximum absolute atomic E-state index is 12.8. The third-order valence-electron chi connectivity index (χ3n) is 11.0. The average Bonchev–Trinajstić information content (AvgIpc) is 3.74. The highest BCUT2D eigenvalue weighted by atomic mass is 32.2. The number of hydrogen-bond acceptors (Lipinski definition) is 21. The number of likely N-dealkylation sites (tertiary alicyclic amines) is 1. The first-order valence-electron chi connectivity index (χ1n) is 27.0. The number of methoxy groups -OCH3 is 4. The molecule has 3 N–H and O–H groups in total. The molecule has 0 bridgehead atoms. The molecule has 460 valence electrons. The van der Waals surface area contributed by atoms with Crippen molar-refractivity contribution in [3.63, 3.8) is 0 Å². The fourth-order valence-corrected chi connectivity index (χ4v) is 7.84. The lowest BCUT2D eigenvalue weighted by Gasteiger charge is -2.20. The standard InChI is InChI=1S/C33H51N4O10S.C12H25O6.C9H20O4/c1-4-36(5-2)33(43)46-26-13-11-25(12-14-26)27(47-32(42)34-3)10-7-6-8-23-48-28-24-30(40)37(31(28)41)17-15-29(39)35-16-9-19-44-21-22-45-20-18-38;1-13-4-7-16-10-12(18-9-6-15-3)11-17-8-5-14-2;1-9(13-7-5-11-3)8-12-6-4-10-2/h11-14,22,27-28,38H,4-10,15-21,23-24H2,1-3H3,(H,34,42)(H,35,39);12H,1,4-11H2,2-3H3;9H,4-8H2,1-3H3/q2*-1;. The predicted octanol–water partition coefficient (Wildman–Crippen LogP) is 4.64. The van der Waals surface area contributed by atoms with E-state index in [1.165, 1.54) is 30.3 Å². The molecular weight excluding hydrogens is 1060 g/mol. The van der Waals surface area contributed by atoms with Gasteiger partial charge in [-0.25, -0.2) is 16.7 Å². The Kier molecular flexibility index (Phi) is 50.9. The van der Waals surface area contributed by atoms with Crippen LogP contribution in [-0.4, -0.2) is 242 Å². The number of carbonyl (C=O) groups is 5. The van der Waals surface area contributed by atoms with Gasteiger partial charge in [-0.1, -0.05) is 25.2 Å². The smallest absolute Gasteiger partial charge is 0.415 e. The monoisotopic (exact) mass is 1150 g/mol. The van der Waals surface area contributed by atoms with Crippen LogP contribution in [0.2, 0.25) is 0 Å². The molecule has 0 aliphatic carbocycles. The van der Waals surface area contributed by atoms with Crippen LogP contribution in [0.5, 0.6) is 5.75 Å². The van der Waals surface area contributed by atoms with E-state index in [4.69, 9.17) is 66.7 Å². The van der Waals surface area contributed by atoms with Gasteiger partial charge in [0.2, 0.25) is 17.7 Å². The van der Waals surface area contributed by atoms with Gasteiger partial charge in [-0.3, -0.25) is 19.3 Å². The zero-order valence-electron chi connectivity index (χ0n) is 48.4. The second-order valence-corrected chi connectivity index (χ2v) is 18.4. The molecule has 79 heavy (non-hydrogen) atoms. The maximum atomic E-state index is 12.8. The number of rotatable bonds is 47. The SMILES string of the molecule is CCN(CC)C(=O)Oc1ccc(C(CCCCCSC2CC(=O)N(CCC(=O)NCCCOC[CH-]OCCO)C2=O)OC(=O)NC)cc1.COCCOCC(C)OCCOC.[CH2-]OCCOCC(COCCOC)OCCOC. The number of carbonyl (C=O) groups excluding carboxylic acids is 5. The largest absolute Gasteiger partial charge is 0.553 e. The first-order valence-corrected chi connectivity index (χ1v) is 28.0. The Bertz CT molecular complexity index is 1630. The molecule has 4 atom stereocenters. The van der Waals surface area contributed by atoms with E-state index in [0.29, 0.717) is 136 Å². The quantitative estimate of drug-likeness (QED) is 0.0456. The molecule has 0 aromatic heterocycles. The molecule has 1 aromatic rings. The van der Waals surface area contributed by atoms with Crippen molar-refractivity contribution in [1.82, 2.24) is 20.4 Å². The number of imide groups is 1. The number of nitrogens with one attached hydrogen (secondary N) is 2. The van der Waals surface area contributed by atoms with Gasteiger partial charge in [0.25, 0.3) is 0 Å². The lowest BCUT2D eigenvalue weighted by Crippen LogP contribution is -2.35. The summed E-state index contributed by atoms with van der Waals surface area (Å²) in [6.07, 6.45) is 2.33. The lowest BCUT2D eigenvalue weighted by atomic mass is 10.0. The summed E-state index contributed by atoms with van der Waals surface area (Å²) in [5.41, 5.74) is 0.782. The third-order valence-corrected chi connectivity index (χ3v) is 12.2. The van der Waals surface area contributed by atoms with E-state index in [0.717, 1.165) is 24.8 Å². The number of unbranched alkanes of at least 4 members (excludes halogenated alkanes) is 2. The summed E-state index contributed by atoms with van der Waals surface area (Å²) in [4.78, 5) is 64.5. The summed E-state index contributed by atoms with van der Waals surface area (Å²) >= 11 is 1.45. The van der Waals surface area contributed by atoms with Gasteiger partial charge in [0.1, 0.15) is 18.0 Å². The molecule has 1 aliphatic rings. The molecule has 0 radical (unpaired) electrons. The number of benzene rings is 1. The van der Waals surface area contributed by atoms with Gasteiger partial charge in [0, 0.05) is 94.3 Å². The summed E-state index contributed by atoms with van der Waals surface area (Å²) in [6.45, 7) is 16.8. The summed E-state index contributed by atoms with van der Waals surface area (Å²) in [7, 11) is 11.3. The molecule has 1 fully saturated rings. The normalized spacial score (nSPS) is 14.2.